The molecule has 4 nitrogen and oxygen atoms in total. The smallest absolute Gasteiger partial charge is 0.339 e. The SMILES string of the molecule is CCc1nn(CC)c(CC)c1C(=O)O. The van der Waals surface area contributed by atoms with Crippen LogP contribution >= 0.6 is 0 Å². The average Bonchev–Trinajstić information content (AvgIpc) is 2.54. The molecule has 1 aromatic heterocycles. The van der Waals surface area contributed by atoms with Crippen LogP contribution < -0.4 is 0 Å². The topological polar surface area (TPSA) is 55.1 Å². The molecule has 1 heterocycles. The number of aromatic carboxylic acids is 1. The second kappa shape index (κ2) is 4.26. The van der Waals surface area contributed by atoms with Gasteiger partial charge in [0.2, 0.25) is 0 Å². The Morgan fingerprint density at radius 3 is 2.36 bits per heavy atom. The maximum atomic E-state index is 11.0. The Morgan fingerprint density at radius 2 is 2.00 bits per heavy atom. The van der Waals surface area contributed by atoms with Crippen LogP contribution in [0.4, 0.5) is 0 Å². The van der Waals surface area contributed by atoms with E-state index in [-0.39, 0.29) is 0 Å². The number of carboxylic acid groups (broad SMARTS) is 1. The molecule has 78 valence electrons. The van der Waals surface area contributed by atoms with E-state index in [9.17, 15) is 4.79 Å². The van der Waals surface area contributed by atoms with Crippen LogP contribution in [0.1, 0.15) is 42.5 Å². The maximum absolute atomic E-state index is 11.0. The van der Waals surface area contributed by atoms with Crippen molar-refractivity contribution in [3.05, 3.63) is 17.0 Å². The first-order chi connectivity index (χ1) is 6.65. The third kappa shape index (κ3) is 1.64. The Bertz CT molecular complexity index is 342. The molecule has 0 aliphatic heterocycles. The van der Waals surface area contributed by atoms with Gasteiger partial charge in [0.25, 0.3) is 0 Å². The molecule has 0 atom stereocenters. The highest BCUT2D eigenvalue weighted by Gasteiger charge is 2.19. The van der Waals surface area contributed by atoms with E-state index in [0.717, 1.165) is 12.2 Å². The lowest BCUT2D eigenvalue weighted by Crippen LogP contribution is -2.06. The number of aromatic nitrogens is 2. The predicted molar refractivity (Wildman–Crippen MR) is 53.6 cm³/mol. The summed E-state index contributed by atoms with van der Waals surface area (Å²) in [5.41, 5.74) is 1.92. The van der Waals surface area contributed by atoms with Gasteiger partial charge in [-0.3, -0.25) is 4.68 Å². The first-order valence-electron chi connectivity index (χ1n) is 4.97. The monoisotopic (exact) mass is 196 g/mol. The summed E-state index contributed by atoms with van der Waals surface area (Å²) in [4.78, 5) is 11.0. The summed E-state index contributed by atoms with van der Waals surface area (Å²) >= 11 is 0. The van der Waals surface area contributed by atoms with Gasteiger partial charge in [-0.05, 0) is 19.8 Å². The number of aryl methyl sites for hydroxylation is 2. The molecule has 4 heteroatoms. The molecule has 0 radical (unpaired) electrons. The first kappa shape index (κ1) is 10.8. The molecule has 0 unspecified atom stereocenters. The summed E-state index contributed by atoms with van der Waals surface area (Å²) in [6.07, 6.45) is 1.38. The minimum Gasteiger partial charge on any atom is -0.478 e. The van der Waals surface area contributed by atoms with Crippen molar-refractivity contribution in [3.8, 4) is 0 Å². The molecule has 0 aromatic carbocycles. The van der Waals surface area contributed by atoms with Gasteiger partial charge in [-0.15, -0.1) is 0 Å². The summed E-state index contributed by atoms with van der Waals surface area (Å²) in [5.74, 6) is -0.863. The van der Waals surface area contributed by atoms with Crippen LogP contribution in [-0.4, -0.2) is 20.9 Å². The van der Waals surface area contributed by atoms with Crippen molar-refractivity contribution in [2.24, 2.45) is 0 Å². The Morgan fingerprint density at radius 1 is 1.36 bits per heavy atom. The molecule has 0 bridgehead atoms. The normalized spacial score (nSPS) is 10.5. The van der Waals surface area contributed by atoms with Crippen molar-refractivity contribution in [1.82, 2.24) is 9.78 Å². The third-order valence-electron chi connectivity index (χ3n) is 2.31. The molecular formula is C10H16N2O2. The summed E-state index contributed by atoms with van der Waals surface area (Å²) in [6.45, 7) is 6.57. The molecule has 1 N–H and O–H groups in total. The van der Waals surface area contributed by atoms with Crippen LogP contribution in [0.2, 0.25) is 0 Å². The van der Waals surface area contributed by atoms with Gasteiger partial charge in [0, 0.05) is 6.54 Å². The largest absolute Gasteiger partial charge is 0.478 e. The minimum absolute atomic E-state index is 0.400. The van der Waals surface area contributed by atoms with Crippen molar-refractivity contribution in [2.45, 2.75) is 40.2 Å². The quantitative estimate of drug-likeness (QED) is 0.797. The molecule has 0 spiro atoms. The van der Waals surface area contributed by atoms with Crippen LogP contribution in [0, 0.1) is 0 Å². The molecule has 0 amide bonds. The van der Waals surface area contributed by atoms with Crippen molar-refractivity contribution in [2.75, 3.05) is 0 Å². The minimum atomic E-state index is -0.863. The Hall–Kier alpha value is -1.32. The fourth-order valence-corrected chi connectivity index (χ4v) is 1.67. The molecule has 0 aliphatic carbocycles. The van der Waals surface area contributed by atoms with Gasteiger partial charge < -0.3 is 5.11 Å². The summed E-state index contributed by atoms with van der Waals surface area (Å²) in [5, 5.41) is 13.3. The summed E-state index contributed by atoms with van der Waals surface area (Å²) in [6, 6.07) is 0. The van der Waals surface area contributed by atoms with Crippen molar-refractivity contribution >= 4 is 5.97 Å². The second-order valence-electron chi connectivity index (χ2n) is 3.10. The summed E-state index contributed by atoms with van der Waals surface area (Å²) < 4.78 is 1.78. The first-order valence-corrected chi connectivity index (χ1v) is 4.97. The standard InChI is InChI=1S/C10H16N2O2/c1-4-7-9(10(13)14)8(5-2)12(6-3)11-7/h4-6H2,1-3H3,(H,13,14). The highest BCUT2D eigenvalue weighted by Crippen LogP contribution is 2.16. The molecular weight excluding hydrogens is 180 g/mol. The predicted octanol–water partition coefficient (Wildman–Crippen LogP) is 1.73. The number of nitrogens with zero attached hydrogens (tertiary/aromatic N) is 2. The molecule has 14 heavy (non-hydrogen) atoms. The molecule has 0 saturated heterocycles. The number of carbonyl (C=O) groups is 1. The maximum Gasteiger partial charge on any atom is 0.339 e. The number of carboxylic acids is 1. The van der Waals surface area contributed by atoms with Gasteiger partial charge in [0.05, 0.1) is 11.4 Å². The number of rotatable bonds is 4. The zero-order valence-electron chi connectivity index (χ0n) is 8.87. The van der Waals surface area contributed by atoms with E-state index >= 15 is 0 Å². The van der Waals surface area contributed by atoms with E-state index in [4.69, 9.17) is 5.11 Å². The lowest BCUT2D eigenvalue weighted by molar-refractivity contribution is 0.0694. The van der Waals surface area contributed by atoms with Gasteiger partial charge in [0.15, 0.2) is 0 Å². The number of hydrogen-bond donors (Lipinski definition) is 1. The van der Waals surface area contributed by atoms with Crippen molar-refractivity contribution < 1.29 is 9.90 Å². The summed E-state index contributed by atoms with van der Waals surface area (Å²) in [7, 11) is 0. The van der Waals surface area contributed by atoms with E-state index in [2.05, 4.69) is 5.10 Å². The molecule has 1 rings (SSSR count). The van der Waals surface area contributed by atoms with Crippen molar-refractivity contribution in [1.29, 1.82) is 0 Å². The fourth-order valence-electron chi connectivity index (χ4n) is 1.67. The highest BCUT2D eigenvalue weighted by atomic mass is 16.4. The lowest BCUT2D eigenvalue weighted by Gasteiger charge is -2.01. The second-order valence-corrected chi connectivity index (χ2v) is 3.10. The van der Waals surface area contributed by atoms with E-state index in [1.807, 2.05) is 20.8 Å². The highest BCUT2D eigenvalue weighted by molar-refractivity contribution is 5.90. The number of hydrogen-bond acceptors (Lipinski definition) is 2. The Labute approximate surface area is 83.5 Å². The van der Waals surface area contributed by atoms with E-state index < -0.39 is 5.97 Å². The molecule has 1 aromatic rings. The van der Waals surface area contributed by atoms with Crippen LogP contribution in [0.25, 0.3) is 0 Å². The molecule has 0 saturated carbocycles. The van der Waals surface area contributed by atoms with E-state index in [1.165, 1.54) is 0 Å². The van der Waals surface area contributed by atoms with Gasteiger partial charge in [-0.25, -0.2) is 4.79 Å². The van der Waals surface area contributed by atoms with E-state index in [1.54, 1.807) is 4.68 Å². The van der Waals surface area contributed by atoms with Crippen LogP contribution in [0.3, 0.4) is 0 Å². The van der Waals surface area contributed by atoms with Crippen LogP contribution in [-0.2, 0) is 19.4 Å². The van der Waals surface area contributed by atoms with E-state index in [0.29, 0.717) is 24.1 Å². The van der Waals surface area contributed by atoms with Gasteiger partial charge in [-0.2, -0.15) is 5.10 Å². The Balaban J connectivity index is 3.33. The van der Waals surface area contributed by atoms with Gasteiger partial charge >= 0.3 is 5.97 Å². The zero-order chi connectivity index (χ0) is 10.7. The lowest BCUT2D eigenvalue weighted by atomic mass is 10.1. The van der Waals surface area contributed by atoms with Crippen LogP contribution in [0.15, 0.2) is 0 Å². The molecule has 0 aliphatic rings. The van der Waals surface area contributed by atoms with Crippen molar-refractivity contribution in [3.63, 3.8) is 0 Å². The molecule has 0 fully saturated rings. The van der Waals surface area contributed by atoms with Gasteiger partial charge in [0.1, 0.15) is 5.56 Å². The fraction of sp³-hybridized carbons (Fsp3) is 0.600. The van der Waals surface area contributed by atoms with Gasteiger partial charge in [-0.1, -0.05) is 13.8 Å². The third-order valence-corrected chi connectivity index (χ3v) is 2.31. The zero-order valence-corrected chi connectivity index (χ0v) is 8.87. The average molecular weight is 196 g/mol. The van der Waals surface area contributed by atoms with Crippen LogP contribution in [0.5, 0.6) is 0 Å². The Kier molecular flexibility index (Phi) is 3.28.